The number of thiazole rings is 1. The van der Waals surface area contributed by atoms with Crippen LogP contribution in [0.3, 0.4) is 0 Å². The molecular formula is C16H21N3O3S2. The summed E-state index contributed by atoms with van der Waals surface area (Å²) in [5, 5.41) is 5.53. The van der Waals surface area contributed by atoms with E-state index in [1.165, 1.54) is 18.3 Å². The lowest BCUT2D eigenvalue weighted by Crippen LogP contribution is -2.28. The van der Waals surface area contributed by atoms with Gasteiger partial charge in [0.25, 0.3) is 0 Å². The van der Waals surface area contributed by atoms with Crippen molar-refractivity contribution in [2.75, 3.05) is 17.6 Å². The van der Waals surface area contributed by atoms with Crippen molar-refractivity contribution in [3.05, 3.63) is 35.3 Å². The SMILES string of the molecule is CCCS(=O)(=O)NCCc1csc(-c2ccc(NC(C)=O)cc2)n1. The molecule has 8 heteroatoms. The Labute approximate surface area is 146 Å². The minimum absolute atomic E-state index is 0.107. The molecule has 0 saturated carbocycles. The molecule has 0 spiro atoms. The van der Waals surface area contributed by atoms with Crippen molar-refractivity contribution in [3.63, 3.8) is 0 Å². The van der Waals surface area contributed by atoms with E-state index in [0.717, 1.165) is 22.0 Å². The van der Waals surface area contributed by atoms with Crippen LogP contribution in [0.4, 0.5) is 5.69 Å². The molecule has 0 aliphatic rings. The summed E-state index contributed by atoms with van der Waals surface area (Å²) in [6.45, 7) is 3.66. The van der Waals surface area contributed by atoms with E-state index in [1.807, 2.05) is 36.6 Å². The highest BCUT2D eigenvalue weighted by atomic mass is 32.2. The van der Waals surface area contributed by atoms with E-state index in [0.29, 0.717) is 19.4 Å². The maximum Gasteiger partial charge on any atom is 0.221 e. The van der Waals surface area contributed by atoms with Crippen LogP contribution in [0.2, 0.25) is 0 Å². The third-order valence-electron chi connectivity index (χ3n) is 3.18. The predicted molar refractivity (Wildman–Crippen MR) is 97.6 cm³/mol. The van der Waals surface area contributed by atoms with Gasteiger partial charge in [-0.05, 0) is 30.7 Å². The third-order valence-corrected chi connectivity index (χ3v) is 5.71. The van der Waals surface area contributed by atoms with Gasteiger partial charge < -0.3 is 5.32 Å². The van der Waals surface area contributed by atoms with Gasteiger partial charge in [0.15, 0.2) is 0 Å². The Balaban J connectivity index is 1.94. The van der Waals surface area contributed by atoms with Crippen LogP contribution < -0.4 is 10.0 Å². The third kappa shape index (κ3) is 5.70. The van der Waals surface area contributed by atoms with Gasteiger partial charge in [0.2, 0.25) is 15.9 Å². The fraction of sp³-hybridized carbons (Fsp3) is 0.375. The number of hydrogen-bond acceptors (Lipinski definition) is 5. The van der Waals surface area contributed by atoms with Crippen LogP contribution in [-0.4, -0.2) is 31.6 Å². The molecule has 0 saturated heterocycles. The van der Waals surface area contributed by atoms with Gasteiger partial charge in [-0.1, -0.05) is 6.92 Å². The van der Waals surface area contributed by atoms with Crippen LogP contribution >= 0.6 is 11.3 Å². The van der Waals surface area contributed by atoms with Gasteiger partial charge in [0, 0.05) is 36.5 Å². The summed E-state index contributed by atoms with van der Waals surface area (Å²) < 4.78 is 25.8. The van der Waals surface area contributed by atoms with Crippen LogP contribution in [-0.2, 0) is 21.2 Å². The number of benzene rings is 1. The number of carbonyl (C=O) groups excluding carboxylic acids is 1. The second-order valence-electron chi connectivity index (χ2n) is 5.37. The number of carbonyl (C=O) groups is 1. The van der Waals surface area contributed by atoms with Crippen LogP contribution in [0, 0.1) is 0 Å². The molecular weight excluding hydrogens is 346 g/mol. The largest absolute Gasteiger partial charge is 0.326 e. The number of amides is 1. The van der Waals surface area contributed by atoms with Gasteiger partial charge >= 0.3 is 0 Å². The standard InChI is InChI=1S/C16H21N3O3S2/c1-3-10-24(21,22)17-9-8-15-11-23-16(19-15)13-4-6-14(7-5-13)18-12(2)20/h4-7,11,17H,3,8-10H2,1-2H3,(H,18,20). The summed E-state index contributed by atoms with van der Waals surface area (Å²) in [5.74, 6) is 0.0421. The van der Waals surface area contributed by atoms with Crippen LogP contribution in [0.1, 0.15) is 26.0 Å². The normalized spacial score (nSPS) is 11.4. The first kappa shape index (κ1) is 18.6. The average molecular weight is 367 g/mol. The van der Waals surface area contributed by atoms with E-state index in [4.69, 9.17) is 0 Å². The molecule has 1 aromatic heterocycles. The lowest BCUT2D eigenvalue weighted by atomic mass is 10.2. The molecule has 1 heterocycles. The average Bonchev–Trinajstić information content (AvgIpc) is 2.96. The zero-order valence-corrected chi connectivity index (χ0v) is 15.3. The molecule has 2 rings (SSSR count). The molecule has 0 atom stereocenters. The van der Waals surface area contributed by atoms with Crippen molar-refractivity contribution < 1.29 is 13.2 Å². The van der Waals surface area contributed by atoms with Gasteiger partial charge in [-0.15, -0.1) is 11.3 Å². The number of nitrogens with zero attached hydrogens (tertiary/aromatic N) is 1. The van der Waals surface area contributed by atoms with E-state index in [1.54, 1.807) is 0 Å². The number of anilines is 1. The fourth-order valence-corrected chi connectivity index (χ4v) is 4.08. The monoisotopic (exact) mass is 367 g/mol. The number of aromatic nitrogens is 1. The van der Waals surface area contributed by atoms with Crippen LogP contribution in [0.25, 0.3) is 10.6 Å². The topological polar surface area (TPSA) is 88.2 Å². The molecule has 6 nitrogen and oxygen atoms in total. The number of hydrogen-bond donors (Lipinski definition) is 2. The van der Waals surface area contributed by atoms with E-state index in [9.17, 15) is 13.2 Å². The minimum atomic E-state index is -3.17. The second-order valence-corrected chi connectivity index (χ2v) is 8.15. The summed E-state index contributed by atoms with van der Waals surface area (Å²) in [4.78, 5) is 15.5. The lowest BCUT2D eigenvalue weighted by Gasteiger charge is -2.04. The van der Waals surface area contributed by atoms with E-state index >= 15 is 0 Å². The molecule has 1 aromatic carbocycles. The fourth-order valence-electron chi connectivity index (χ4n) is 2.13. The summed E-state index contributed by atoms with van der Waals surface area (Å²) in [5.41, 5.74) is 2.57. The zero-order chi connectivity index (χ0) is 17.6. The first-order valence-corrected chi connectivity index (χ1v) is 10.2. The molecule has 0 radical (unpaired) electrons. The number of sulfonamides is 1. The smallest absolute Gasteiger partial charge is 0.221 e. The highest BCUT2D eigenvalue weighted by Crippen LogP contribution is 2.25. The first-order chi connectivity index (χ1) is 11.4. The van der Waals surface area contributed by atoms with Gasteiger partial charge in [-0.25, -0.2) is 18.1 Å². The molecule has 0 bridgehead atoms. The van der Waals surface area contributed by atoms with Gasteiger partial charge in [0.05, 0.1) is 11.4 Å². The highest BCUT2D eigenvalue weighted by molar-refractivity contribution is 7.89. The van der Waals surface area contributed by atoms with Gasteiger partial charge in [-0.2, -0.15) is 0 Å². The quantitative estimate of drug-likeness (QED) is 0.751. The van der Waals surface area contributed by atoms with Gasteiger partial charge in [0.1, 0.15) is 5.01 Å². The highest BCUT2D eigenvalue weighted by Gasteiger charge is 2.09. The summed E-state index contributed by atoms with van der Waals surface area (Å²) >= 11 is 1.51. The van der Waals surface area contributed by atoms with E-state index in [-0.39, 0.29) is 11.7 Å². The molecule has 130 valence electrons. The Bertz CT molecular complexity index is 783. The number of nitrogens with one attached hydrogen (secondary N) is 2. The summed E-state index contributed by atoms with van der Waals surface area (Å²) in [6.07, 6.45) is 1.16. The molecule has 2 aromatic rings. The molecule has 0 aliphatic heterocycles. The van der Waals surface area contributed by atoms with E-state index in [2.05, 4.69) is 15.0 Å². The Hall–Kier alpha value is -1.77. The van der Waals surface area contributed by atoms with Crippen LogP contribution in [0.5, 0.6) is 0 Å². The number of rotatable bonds is 8. The molecule has 0 unspecified atom stereocenters. The van der Waals surface area contributed by atoms with Crippen molar-refractivity contribution in [2.45, 2.75) is 26.7 Å². The Kier molecular flexibility index (Phi) is 6.47. The molecule has 0 aliphatic carbocycles. The molecule has 1 amide bonds. The van der Waals surface area contributed by atoms with Crippen molar-refractivity contribution in [1.29, 1.82) is 0 Å². The summed E-state index contributed by atoms with van der Waals surface area (Å²) in [6, 6.07) is 7.46. The first-order valence-electron chi connectivity index (χ1n) is 7.69. The molecule has 0 fully saturated rings. The molecule has 2 N–H and O–H groups in total. The van der Waals surface area contributed by atoms with Crippen molar-refractivity contribution >= 4 is 33.0 Å². The van der Waals surface area contributed by atoms with Crippen molar-refractivity contribution in [1.82, 2.24) is 9.71 Å². The predicted octanol–water partition coefficient (Wildman–Crippen LogP) is 2.64. The Morgan fingerprint density at radius 3 is 2.58 bits per heavy atom. The summed E-state index contributed by atoms with van der Waals surface area (Å²) in [7, 11) is -3.17. The molecule has 24 heavy (non-hydrogen) atoms. The van der Waals surface area contributed by atoms with Crippen LogP contribution in [0.15, 0.2) is 29.6 Å². The Morgan fingerprint density at radius 1 is 1.25 bits per heavy atom. The second kappa shape index (κ2) is 8.36. The zero-order valence-electron chi connectivity index (χ0n) is 13.7. The van der Waals surface area contributed by atoms with Crippen molar-refractivity contribution in [3.8, 4) is 10.6 Å². The van der Waals surface area contributed by atoms with E-state index < -0.39 is 10.0 Å². The maximum atomic E-state index is 11.6. The maximum absolute atomic E-state index is 11.6. The Morgan fingerprint density at radius 2 is 1.96 bits per heavy atom. The minimum Gasteiger partial charge on any atom is -0.326 e. The lowest BCUT2D eigenvalue weighted by molar-refractivity contribution is -0.114. The van der Waals surface area contributed by atoms with Gasteiger partial charge in [-0.3, -0.25) is 4.79 Å². The van der Waals surface area contributed by atoms with Crippen molar-refractivity contribution in [2.24, 2.45) is 0 Å².